The topological polar surface area (TPSA) is 62.2 Å². The summed E-state index contributed by atoms with van der Waals surface area (Å²) < 4.78 is 0. The van der Waals surface area contributed by atoms with Crippen molar-refractivity contribution < 1.29 is 9.90 Å². The minimum absolute atomic E-state index is 0.0684. The number of aromatic hydroxyl groups is 1. The molecule has 1 amide bonds. The summed E-state index contributed by atoms with van der Waals surface area (Å²) in [4.78, 5) is 15.7. The molecule has 0 bridgehead atoms. The molecule has 0 unspecified atom stereocenters. The summed E-state index contributed by atoms with van der Waals surface area (Å²) in [6.07, 6.45) is 1.50. The minimum atomic E-state index is -0.454. The van der Waals surface area contributed by atoms with E-state index in [0.29, 0.717) is 5.02 Å². The van der Waals surface area contributed by atoms with Gasteiger partial charge in [-0.15, -0.1) is 0 Å². The van der Waals surface area contributed by atoms with Crippen molar-refractivity contribution in [3.8, 4) is 5.75 Å². The minimum Gasteiger partial charge on any atom is -0.504 e. The van der Waals surface area contributed by atoms with Gasteiger partial charge in [0.15, 0.2) is 5.75 Å². The Bertz CT molecular complexity index is 588. The molecule has 0 atom stereocenters. The first-order valence-electron chi connectivity index (χ1n) is 4.98. The molecule has 2 N–H and O–H groups in total. The molecule has 0 aliphatic carbocycles. The normalized spacial score (nSPS) is 10.1. The smallest absolute Gasteiger partial charge is 0.274 e. The highest BCUT2D eigenvalue weighted by molar-refractivity contribution is 6.36. The van der Waals surface area contributed by atoms with Gasteiger partial charge in [-0.3, -0.25) is 9.78 Å². The van der Waals surface area contributed by atoms with Gasteiger partial charge in [0.2, 0.25) is 0 Å². The number of carbonyl (C=O) groups is 1. The Morgan fingerprint density at radius 2 is 2.06 bits per heavy atom. The van der Waals surface area contributed by atoms with Crippen LogP contribution in [0, 0.1) is 0 Å². The number of rotatable bonds is 2. The summed E-state index contributed by atoms with van der Waals surface area (Å²) in [6, 6.07) is 7.73. The molecular formula is C12H8Cl2N2O2. The van der Waals surface area contributed by atoms with Crippen molar-refractivity contribution in [3.63, 3.8) is 0 Å². The molecule has 1 heterocycles. The zero-order chi connectivity index (χ0) is 13.1. The van der Waals surface area contributed by atoms with Crippen LogP contribution in [0.15, 0.2) is 36.5 Å². The molecule has 92 valence electrons. The highest BCUT2D eigenvalue weighted by Crippen LogP contribution is 2.35. The zero-order valence-electron chi connectivity index (χ0n) is 9.02. The van der Waals surface area contributed by atoms with Crippen LogP contribution in [-0.2, 0) is 0 Å². The lowest BCUT2D eigenvalue weighted by molar-refractivity contribution is 0.102. The van der Waals surface area contributed by atoms with E-state index >= 15 is 0 Å². The second-order valence-electron chi connectivity index (χ2n) is 3.45. The van der Waals surface area contributed by atoms with E-state index in [1.165, 1.54) is 18.3 Å². The second kappa shape index (κ2) is 5.25. The maximum Gasteiger partial charge on any atom is 0.274 e. The van der Waals surface area contributed by atoms with Gasteiger partial charge in [-0.2, -0.15) is 0 Å². The fraction of sp³-hybridized carbons (Fsp3) is 0. The summed E-state index contributed by atoms with van der Waals surface area (Å²) in [5.41, 5.74) is 0.371. The maximum atomic E-state index is 11.8. The van der Waals surface area contributed by atoms with E-state index in [0.717, 1.165) is 0 Å². The van der Waals surface area contributed by atoms with Crippen LogP contribution in [0.25, 0.3) is 0 Å². The van der Waals surface area contributed by atoms with E-state index in [1.54, 1.807) is 18.2 Å². The van der Waals surface area contributed by atoms with Gasteiger partial charge < -0.3 is 10.4 Å². The lowest BCUT2D eigenvalue weighted by Crippen LogP contribution is -2.13. The Morgan fingerprint density at radius 1 is 1.28 bits per heavy atom. The molecule has 0 spiro atoms. The van der Waals surface area contributed by atoms with Crippen LogP contribution in [0.5, 0.6) is 5.75 Å². The third-order valence-corrected chi connectivity index (χ3v) is 2.68. The monoisotopic (exact) mass is 282 g/mol. The Kier molecular flexibility index (Phi) is 3.69. The van der Waals surface area contributed by atoms with E-state index in [1.807, 2.05) is 0 Å². The van der Waals surface area contributed by atoms with Crippen LogP contribution in [0.3, 0.4) is 0 Å². The zero-order valence-corrected chi connectivity index (χ0v) is 10.5. The molecule has 6 heteroatoms. The SMILES string of the molecule is O=C(Nc1cc(Cl)cc(Cl)c1O)c1ccccn1. The molecule has 1 aromatic carbocycles. The third kappa shape index (κ3) is 2.72. The van der Waals surface area contributed by atoms with Gasteiger partial charge >= 0.3 is 0 Å². The number of aromatic nitrogens is 1. The van der Waals surface area contributed by atoms with Crippen molar-refractivity contribution in [1.82, 2.24) is 4.98 Å². The van der Waals surface area contributed by atoms with Gasteiger partial charge in [-0.25, -0.2) is 0 Å². The van der Waals surface area contributed by atoms with Gasteiger partial charge in [-0.1, -0.05) is 29.3 Å². The summed E-state index contributed by atoms with van der Waals surface area (Å²) in [7, 11) is 0. The largest absolute Gasteiger partial charge is 0.504 e. The van der Waals surface area contributed by atoms with Crippen LogP contribution in [0.1, 0.15) is 10.5 Å². The van der Waals surface area contributed by atoms with Crippen molar-refractivity contribution >= 4 is 34.8 Å². The number of pyridine rings is 1. The molecule has 0 radical (unpaired) electrons. The lowest BCUT2D eigenvalue weighted by atomic mass is 10.2. The molecular weight excluding hydrogens is 275 g/mol. The molecule has 0 saturated carbocycles. The van der Waals surface area contributed by atoms with Gasteiger partial charge in [0.05, 0.1) is 10.7 Å². The first-order chi connectivity index (χ1) is 8.58. The van der Waals surface area contributed by atoms with Crippen molar-refractivity contribution in [2.45, 2.75) is 0 Å². The number of amides is 1. The summed E-state index contributed by atoms with van der Waals surface area (Å²) in [6.45, 7) is 0. The highest BCUT2D eigenvalue weighted by Gasteiger charge is 2.12. The molecule has 18 heavy (non-hydrogen) atoms. The molecule has 2 rings (SSSR count). The Hall–Kier alpha value is -1.78. The number of nitrogens with zero attached hydrogens (tertiary/aromatic N) is 1. The van der Waals surface area contributed by atoms with Gasteiger partial charge in [0, 0.05) is 11.2 Å². The second-order valence-corrected chi connectivity index (χ2v) is 4.30. The van der Waals surface area contributed by atoms with E-state index in [9.17, 15) is 9.90 Å². The first kappa shape index (κ1) is 12.7. The number of hydrogen-bond acceptors (Lipinski definition) is 3. The number of halogens is 2. The number of carbonyl (C=O) groups excluding carboxylic acids is 1. The summed E-state index contributed by atoms with van der Waals surface area (Å²) in [5, 5.41) is 12.6. The molecule has 0 aliphatic heterocycles. The number of hydrogen-bond donors (Lipinski definition) is 2. The van der Waals surface area contributed by atoms with Crippen molar-refractivity contribution in [1.29, 1.82) is 0 Å². The lowest BCUT2D eigenvalue weighted by Gasteiger charge is -2.08. The van der Waals surface area contributed by atoms with Crippen LogP contribution in [0.4, 0.5) is 5.69 Å². The predicted octanol–water partition coefficient (Wildman–Crippen LogP) is 3.35. The van der Waals surface area contributed by atoms with Crippen LogP contribution < -0.4 is 5.32 Å². The van der Waals surface area contributed by atoms with Crippen LogP contribution in [0.2, 0.25) is 10.0 Å². The quantitative estimate of drug-likeness (QED) is 0.831. The average Bonchev–Trinajstić information content (AvgIpc) is 2.36. The van der Waals surface area contributed by atoms with Crippen LogP contribution >= 0.6 is 23.2 Å². The van der Waals surface area contributed by atoms with Gasteiger partial charge in [0.25, 0.3) is 5.91 Å². The van der Waals surface area contributed by atoms with Crippen molar-refractivity contribution in [2.24, 2.45) is 0 Å². The fourth-order valence-electron chi connectivity index (χ4n) is 1.34. The Labute approximate surface area is 113 Å². The molecule has 0 aliphatic rings. The van der Waals surface area contributed by atoms with E-state index in [-0.39, 0.29) is 22.2 Å². The van der Waals surface area contributed by atoms with E-state index in [2.05, 4.69) is 10.3 Å². The molecule has 0 saturated heterocycles. The maximum absolute atomic E-state index is 11.8. The fourth-order valence-corrected chi connectivity index (χ4v) is 1.84. The average molecular weight is 283 g/mol. The molecule has 0 fully saturated rings. The standard InChI is InChI=1S/C12H8Cl2N2O2/c13-7-5-8(14)11(17)10(6-7)16-12(18)9-3-1-2-4-15-9/h1-6,17H,(H,16,18). The number of phenolic OH excluding ortho intramolecular Hbond substituents is 1. The Balaban J connectivity index is 2.28. The highest BCUT2D eigenvalue weighted by atomic mass is 35.5. The Morgan fingerprint density at radius 3 is 2.72 bits per heavy atom. The number of phenols is 1. The van der Waals surface area contributed by atoms with Crippen molar-refractivity contribution in [2.75, 3.05) is 5.32 Å². The first-order valence-corrected chi connectivity index (χ1v) is 5.74. The number of benzene rings is 1. The predicted molar refractivity (Wildman–Crippen MR) is 70.3 cm³/mol. The van der Waals surface area contributed by atoms with Gasteiger partial charge in [-0.05, 0) is 24.3 Å². The summed E-state index contributed by atoms with van der Waals surface area (Å²) in [5.74, 6) is -0.686. The summed E-state index contributed by atoms with van der Waals surface area (Å²) >= 11 is 11.5. The number of nitrogens with one attached hydrogen (secondary N) is 1. The molecule has 1 aromatic heterocycles. The van der Waals surface area contributed by atoms with Gasteiger partial charge in [0.1, 0.15) is 5.69 Å². The van der Waals surface area contributed by atoms with Crippen LogP contribution in [-0.4, -0.2) is 16.0 Å². The van der Waals surface area contributed by atoms with E-state index < -0.39 is 5.91 Å². The van der Waals surface area contributed by atoms with E-state index in [4.69, 9.17) is 23.2 Å². The molecule has 2 aromatic rings. The third-order valence-electron chi connectivity index (χ3n) is 2.17. The number of anilines is 1. The molecule has 4 nitrogen and oxygen atoms in total. The van der Waals surface area contributed by atoms with Crippen molar-refractivity contribution in [3.05, 3.63) is 52.3 Å².